The van der Waals surface area contributed by atoms with E-state index in [0.717, 1.165) is 18.4 Å². The Bertz CT molecular complexity index is 971. The van der Waals surface area contributed by atoms with Gasteiger partial charge in [0.05, 0.1) is 22.1 Å². The molecule has 5 nitrogen and oxygen atoms in total. The van der Waals surface area contributed by atoms with E-state index in [1.54, 1.807) is 18.2 Å². The molecular weight excluding hydrogens is 457 g/mol. The first kappa shape index (κ1) is 24.1. The topological polar surface area (TPSA) is 52.7 Å². The molecule has 2 aliphatic rings. The number of rotatable bonds is 6. The summed E-state index contributed by atoms with van der Waals surface area (Å²) in [5.41, 5.74) is 1.65. The van der Waals surface area contributed by atoms with Crippen LogP contribution >= 0.6 is 23.2 Å². The second-order valence-electron chi connectivity index (χ2n) is 9.09. The van der Waals surface area contributed by atoms with Crippen molar-refractivity contribution in [3.63, 3.8) is 0 Å². The summed E-state index contributed by atoms with van der Waals surface area (Å²) in [4.78, 5) is 30.5. The molecule has 0 radical (unpaired) electrons. The van der Waals surface area contributed by atoms with E-state index in [0.29, 0.717) is 47.7 Å². The van der Waals surface area contributed by atoms with Gasteiger partial charge in [-0.05, 0) is 49.4 Å². The maximum atomic E-state index is 13.5. The molecule has 2 aromatic rings. The van der Waals surface area contributed by atoms with E-state index in [1.807, 2.05) is 42.2 Å². The summed E-state index contributed by atoms with van der Waals surface area (Å²) in [5.74, 6) is 0.417. The minimum atomic E-state index is -0.152. The van der Waals surface area contributed by atoms with Crippen molar-refractivity contribution < 1.29 is 9.59 Å². The van der Waals surface area contributed by atoms with Crippen LogP contribution < -0.4 is 5.32 Å². The summed E-state index contributed by atoms with van der Waals surface area (Å²) in [6.07, 6.45) is 4.53. The van der Waals surface area contributed by atoms with Crippen LogP contribution in [0, 0.1) is 5.92 Å². The monoisotopic (exact) mass is 487 g/mol. The fraction of sp³-hybridized carbons (Fsp3) is 0.462. The van der Waals surface area contributed by atoms with Crippen molar-refractivity contribution in [2.75, 3.05) is 26.2 Å². The lowest BCUT2D eigenvalue weighted by atomic mass is 9.94. The van der Waals surface area contributed by atoms with Crippen molar-refractivity contribution in [2.45, 2.75) is 44.7 Å². The largest absolute Gasteiger partial charge is 0.348 e. The number of carbonyl (C=O) groups is 2. The summed E-state index contributed by atoms with van der Waals surface area (Å²) in [6.45, 7) is 4.57. The van der Waals surface area contributed by atoms with Crippen LogP contribution in [-0.4, -0.2) is 53.8 Å². The molecule has 2 aromatic carbocycles. The van der Waals surface area contributed by atoms with Crippen LogP contribution in [0.3, 0.4) is 0 Å². The van der Waals surface area contributed by atoms with E-state index >= 15 is 0 Å². The van der Waals surface area contributed by atoms with Crippen molar-refractivity contribution in [3.8, 4) is 0 Å². The van der Waals surface area contributed by atoms with Gasteiger partial charge in [-0.3, -0.25) is 14.5 Å². The van der Waals surface area contributed by atoms with Crippen LogP contribution in [0.1, 0.15) is 54.6 Å². The van der Waals surface area contributed by atoms with E-state index in [-0.39, 0.29) is 23.9 Å². The fourth-order valence-corrected chi connectivity index (χ4v) is 5.39. The molecule has 0 bridgehead atoms. The van der Waals surface area contributed by atoms with E-state index in [4.69, 9.17) is 23.2 Å². The summed E-state index contributed by atoms with van der Waals surface area (Å²) in [6, 6.07) is 14.9. The summed E-state index contributed by atoms with van der Waals surface area (Å²) >= 11 is 12.1. The van der Waals surface area contributed by atoms with Crippen molar-refractivity contribution in [2.24, 2.45) is 5.92 Å². The highest BCUT2D eigenvalue weighted by atomic mass is 35.5. The third kappa shape index (κ3) is 5.71. The molecule has 1 saturated heterocycles. The Morgan fingerprint density at radius 1 is 0.939 bits per heavy atom. The third-order valence-corrected chi connectivity index (χ3v) is 7.67. The molecule has 2 atom stereocenters. The minimum Gasteiger partial charge on any atom is -0.348 e. The molecule has 33 heavy (non-hydrogen) atoms. The van der Waals surface area contributed by atoms with Gasteiger partial charge < -0.3 is 10.2 Å². The summed E-state index contributed by atoms with van der Waals surface area (Å²) < 4.78 is 0. The number of nitrogens with zero attached hydrogens (tertiary/aromatic N) is 2. The fourth-order valence-electron chi connectivity index (χ4n) is 5.09. The zero-order valence-electron chi connectivity index (χ0n) is 19.0. The van der Waals surface area contributed by atoms with Gasteiger partial charge in [-0.15, -0.1) is 0 Å². The second kappa shape index (κ2) is 10.9. The van der Waals surface area contributed by atoms with E-state index in [2.05, 4.69) is 10.2 Å². The van der Waals surface area contributed by atoms with E-state index in [9.17, 15) is 9.59 Å². The van der Waals surface area contributed by atoms with Gasteiger partial charge in [-0.2, -0.15) is 0 Å². The Kier molecular flexibility index (Phi) is 7.94. The molecule has 1 heterocycles. The molecule has 7 heteroatoms. The van der Waals surface area contributed by atoms with Gasteiger partial charge in [0.15, 0.2) is 0 Å². The lowest BCUT2D eigenvalue weighted by Crippen LogP contribution is -2.58. The molecule has 1 aliphatic carbocycles. The predicted molar refractivity (Wildman–Crippen MR) is 133 cm³/mol. The van der Waals surface area contributed by atoms with Crippen LogP contribution in [0.15, 0.2) is 48.5 Å². The molecule has 2 amide bonds. The number of halogens is 2. The number of benzene rings is 2. The van der Waals surface area contributed by atoms with Gasteiger partial charge >= 0.3 is 0 Å². The van der Waals surface area contributed by atoms with Crippen molar-refractivity contribution in [3.05, 3.63) is 69.7 Å². The highest BCUT2D eigenvalue weighted by molar-refractivity contribution is 6.42. The highest BCUT2D eigenvalue weighted by Gasteiger charge is 2.37. The Hall–Kier alpha value is -2.08. The quantitative estimate of drug-likeness (QED) is 0.609. The molecule has 4 rings (SSSR count). The highest BCUT2D eigenvalue weighted by Crippen LogP contribution is 2.32. The average Bonchev–Trinajstić information content (AvgIpc) is 3.36. The van der Waals surface area contributed by atoms with Gasteiger partial charge in [-0.1, -0.05) is 66.4 Å². The maximum Gasteiger partial charge on any atom is 0.253 e. The van der Waals surface area contributed by atoms with E-state index < -0.39 is 0 Å². The summed E-state index contributed by atoms with van der Waals surface area (Å²) in [7, 11) is 0. The average molecular weight is 488 g/mol. The van der Waals surface area contributed by atoms with Crippen LogP contribution in [0.25, 0.3) is 0 Å². The third-order valence-electron chi connectivity index (χ3n) is 6.93. The zero-order valence-corrected chi connectivity index (χ0v) is 20.5. The molecule has 1 aliphatic heterocycles. The Balaban J connectivity index is 1.41. The normalized spacial score (nSPS) is 19.3. The van der Waals surface area contributed by atoms with Crippen LogP contribution in [-0.2, 0) is 4.79 Å². The van der Waals surface area contributed by atoms with Gasteiger partial charge in [0, 0.05) is 31.7 Å². The molecule has 176 valence electrons. The maximum absolute atomic E-state index is 13.5. The number of amides is 2. The predicted octanol–water partition coefficient (Wildman–Crippen LogP) is 5.19. The molecule has 2 unspecified atom stereocenters. The number of carbonyl (C=O) groups excluding carboxylic acids is 2. The van der Waals surface area contributed by atoms with Crippen molar-refractivity contribution in [1.29, 1.82) is 0 Å². The van der Waals surface area contributed by atoms with Gasteiger partial charge in [-0.25, -0.2) is 0 Å². The smallest absolute Gasteiger partial charge is 0.253 e. The van der Waals surface area contributed by atoms with Crippen molar-refractivity contribution >= 4 is 35.0 Å². The summed E-state index contributed by atoms with van der Waals surface area (Å²) in [5, 5.41) is 4.07. The zero-order chi connectivity index (χ0) is 23.4. The Morgan fingerprint density at radius 2 is 1.61 bits per heavy atom. The molecule has 1 saturated carbocycles. The SMILES string of the molecule is CC(NC(=O)C(C1CCCC1)N1CCN(C(=O)c2ccc(Cl)c(Cl)c2)CC1)c1ccccc1. The van der Waals surface area contributed by atoms with Crippen LogP contribution in [0.5, 0.6) is 0 Å². The number of hydrogen-bond donors (Lipinski definition) is 1. The van der Waals surface area contributed by atoms with Crippen LogP contribution in [0.4, 0.5) is 0 Å². The second-order valence-corrected chi connectivity index (χ2v) is 9.90. The van der Waals surface area contributed by atoms with Gasteiger partial charge in [0.25, 0.3) is 5.91 Å². The standard InChI is InChI=1S/C26H31Cl2N3O2/c1-18(19-7-3-2-4-8-19)29-25(32)24(20-9-5-6-10-20)30-13-15-31(16-14-30)26(33)21-11-12-22(27)23(28)17-21/h2-4,7-8,11-12,17-18,20,24H,5-6,9-10,13-16H2,1H3,(H,29,32). The molecule has 0 spiro atoms. The first-order chi connectivity index (χ1) is 15.9. The molecule has 2 fully saturated rings. The van der Waals surface area contributed by atoms with Gasteiger partial charge in [0.2, 0.25) is 5.91 Å². The number of hydrogen-bond acceptors (Lipinski definition) is 3. The Labute approximate surface area is 206 Å². The molecule has 1 N–H and O–H groups in total. The van der Waals surface area contributed by atoms with Crippen molar-refractivity contribution in [1.82, 2.24) is 15.1 Å². The molecule has 0 aromatic heterocycles. The minimum absolute atomic E-state index is 0.0416. The first-order valence-electron chi connectivity index (χ1n) is 11.8. The Morgan fingerprint density at radius 3 is 2.24 bits per heavy atom. The lowest BCUT2D eigenvalue weighted by Gasteiger charge is -2.41. The first-order valence-corrected chi connectivity index (χ1v) is 12.5. The number of nitrogens with one attached hydrogen (secondary N) is 1. The van der Waals surface area contributed by atoms with Gasteiger partial charge in [0.1, 0.15) is 0 Å². The number of piperazine rings is 1. The van der Waals surface area contributed by atoms with E-state index in [1.165, 1.54) is 12.8 Å². The lowest BCUT2D eigenvalue weighted by molar-refractivity contribution is -0.129. The molecular formula is C26H31Cl2N3O2. The van der Waals surface area contributed by atoms with Crippen LogP contribution in [0.2, 0.25) is 10.0 Å².